The van der Waals surface area contributed by atoms with Crippen LogP contribution in [0, 0.1) is 0 Å². The summed E-state index contributed by atoms with van der Waals surface area (Å²) >= 11 is 7.94. The van der Waals surface area contributed by atoms with Crippen LogP contribution in [0.25, 0.3) is 0 Å². The minimum Gasteiger partial charge on any atom is -0.828 e. The maximum absolute atomic E-state index is 9.50. The number of nitrogens with one attached hydrogen (secondary N) is 1. The maximum atomic E-state index is 9.50. The molecule has 0 bridgehead atoms. The van der Waals surface area contributed by atoms with Crippen molar-refractivity contribution in [3.63, 3.8) is 0 Å². The van der Waals surface area contributed by atoms with Crippen LogP contribution in [0.5, 0.6) is 0 Å². The van der Waals surface area contributed by atoms with Crippen LogP contribution in [-0.4, -0.2) is 25.7 Å². The minimum absolute atomic E-state index is 0. The zero-order valence-corrected chi connectivity index (χ0v) is 9.74. The SMILES string of the molecule is CC([C-]=O)NS.[B]B(P)[S-].[Ni+2]. The zero-order chi connectivity index (χ0) is 8.57. The van der Waals surface area contributed by atoms with E-state index < -0.39 is 0 Å². The fraction of sp³-hybridized carbons (Fsp3) is 0.667. The van der Waals surface area contributed by atoms with Crippen molar-refractivity contribution in [1.82, 2.24) is 4.72 Å². The topological polar surface area (TPSA) is 29.1 Å². The molecule has 11 heavy (non-hydrogen) atoms. The summed E-state index contributed by atoms with van der Waals surface area (Å²) in [5, 5.41) is 0. The Kier molecular flexibility index (Phi) is 23.1. The van der Waals surface area contributed by atoms with Crippen LogP contribution in [0.4, 0.5) is 0 Å². The third kappa shape index (κ3) is 34.6. The van der Waals surface area contributed by atoms with Gasteiger partial charge in [0.15, 0.2) is 0 Å². The van der Waals surface area contributed by atoms with E-state index in [1.54, 1.807) is 13.2 Å². The fourth-order valence-corrected chi connectivity index (χ4v) is 0.0791. The molecule has 0 spiro atoms. The van der Waals surface area contributed by atoms with E-state index in [4.69, 9.17) is 7.74 Å². The second-order valence-electron chi connectivity index (χ2n) is 1.43. The second-order valence-corrected chi connectivity index (χ2v) is 3.44. The molecule has 0 saturated carbocycles. The summed E-state index contributed by atoms with van der Waals surface area (Å²) < 4.78 is 2.39. The van der Waals surface area contributed by atoms with Gasteiger partial charge in [0.25, 0.3) is 0 Å². The predicted octanol–water partition coefficient (Wildman–Crippen LogP) is -0.522. The van der Waals surface area contributed by atoms with E-state index in [0.717, 1.165) is 0 Å². The van der Waals surface area contributed by atoms with Crippen molar-refractivity contribution in [2.24, 2.45) is 0 Å². The van der Waals surface area contributed by atoms with Crippen molar-refractivity contribution in [2.75, 3.05) is 0 Å². The molecular weight excluding hydrogens is 241 g/mol. The standard InChI is InChI=1S/C3H6NOS.B2H2PS.Ni/c1-3(2-5)4-6;1-2(3)4;/h3-4,6H,1H3;3H2;/q2*-1;+2. The van der Waals surface area contributed by atoms with Gasteiger partial charge in [-0.25, -0.2) is 15.4 Å². The largest absolute Gasteiger partial charge is 2.00 e. The summed E-state index contributed by atoms with van der Waals surface area (Å²) in [4.78, 5) is 9.50. The summed E-state index contributed by atoms with van der Waals surface area (Å²) in [5.74, 6) is 0. The molecule has 0 aliphatic carbocycles. The zero-order valence-electron chi connectivity index (χ0n) is 5.89. The van der Waals surface area contributed by atoms with Gasteiger partial charge in [-0.15, -0.1) is 12.8 Å². The first-order valence-electron chi connectivity index (χ1n) is 2.48. The van der Waals surface area contributed by atoms with Crippen molar-refractivity contribution in [2.45, 2.75) is 13.0 Å². The van der Waals surface area contributed by atoms with Crippen LogP contribution in [0.3, 0.4) is 0 Å². The van der Waals surface area contributed by atoms with Gasteiger partial charge in [-0.05, 0) is 13.3 Å². The molecule has 8 heteroatoms. The van der Waals surface area contributed by atoms with Gasteiger partial charge in [0.2, 0.25) is 0 Å². The number of hydrogen-bond acceptors (Lipinski definition) is 4. The van der Waals surface area contributed by atoms with E-state index in [1.807, 2.05) is 0 Å². The second kappa shape index (κ2) is 13.9. The number of carbonyl (C=O) groups excluding carboxylic acids is 1. The quantitative estimate of drug-likeness (QED) is 0.227. The summed E-state index contributed by atoms with van der Waals surface area (Å²) in [6.07, 6.45) is 1.68. The first-order chi connectivity index (χ1) is 4.54. The Balaban J connectivity index is -0.000000114. The van der Waals surface area contributed by atoms with Gasteiger partial charge < -0.3 is 17.3 Å². The molecule has 0 fully saturated rings. The fourth-order valence-electron chi connectivity index (χ4n) is 0.0264. The summed E-state index contributed by atoms with van der Waals surface area (Å²) in [5.41, 5.74) is -0.167. The molecule has 2 atom stereocenters. The van der Waals surface area contributed by atoms with Gasteiger partial charge in [-0.1, -0.05) is 13.0 Å². The van der Waals surface area contributed by atoms with Crippen molar-refractivity contribution >= 4 is 54.0 Å². The molecule has 0 aromatic heterocycles. The Morgan fingerprint density at radius 2 is 2.18 bits per heavy atom. The molecule has 0 amide bonds. The molecule has 2 nitrogen and oxygen atoms in total. The Labute approximate surface area is 92.8 Å². The van der Waals surface area contributed by atoms with Crippen LogP contribution in [0.15, 0.2) is 0 Å². The van der Waals surface area contributed by atoms with Crippen molar-refractivity contribution in [1.29, 1.82) is 0 Å². The molecule has 2 radical (unpaired) electrons. The van der Waals surface area contributed by atoms with Crippen molar-refractivity contribution in [3.8, 4) is 0 Å². The Morgan fingerprint density at radius 1 is 1.91 bits per heavy atom. The Morgan fingerprint density at radius 3 is 2.18 bits per heavy atom. The van der Waals surface area contributed by atoms with E-state index in [-0.39, 0.29) is 28.1 Å². The molecule has 64 valence electrons. The average Bonchev–Trinajstić information content (AvgIpc) is 1.85. The van der Waals surface area contributed by atoms with Crippen LogP contribution >= 0.6 is 21.9 Å². The normalized spacial score (nSPS) is 9.82. The molecule has 0 saturated heterocycles. The Hall–Kier alpha value is 1.38. The van der Waals surface area contributed by atoms with Crippen LogP contribution in [0.1, 0.15) is 6.92 Å². The number of thiol groups is 1. The monoisotopic (exact) mass is 249 g/mol. The van der Waals surface area contributed by atoms with Gasteiger partial charge in [0.1, 0.15) is 0 Å². The first kappa shape index (κ1) is 18.2. The van der Waals surface area contributed by atoms with Crippen LogP contribution in [0.2, 0.25) is 0 Å². The van der Waals surface area contributed by atoms with E-state index >= 15 is 0 Å². The average molecular weight is 250 g/mol. The van der Waals surface area contributed by atoms with Crippen molar-refractivity contribution < 1.29 is 21.3 Å². The molecule has 2 unspecified atom stereocenters. The smallest absolute Gasteiger partial charge is 0.828 e. The maximum Gasteiger partial charge on any atom is 2.00 e. The van der Waals surface area contributed by atoms with Gasteiger partial charge in [-0.3, -0.25) is 4.72 Å². The summed E-state index contributed by atoms with van der Waals surface area (Å²) in [7, 11) is 7.14. The third-order valence-corrected chi connectivity index (χ3v) is 0.758. The van der Waals surface area contributed by atoms with Crippen molar-refractivity contribution in [3.05, 3.63) is 0 Å². The molecule has 0 aromatic carbocycles. The van der Waals surface area contributed by atoms with E-state index in [9.17, 15) is 4.79 Å². The van der Waals surface area contributed by atoms with Crippen LogP contribution in [-0.2, 0) is 33.8 Å². The molecule has 0 rings (SSSR count). The summed E-state index contributed by atoms with van der Waals surface area (Å²) in [6.45, 7) is 1.67. The van der Waals surface area contributed by atoms with E-state index in [1.165, 1.54) is 0 Å². The molecule has 0 aliphatic rings. The predicted molar refractivity (Wildman–Crippen MR) is 55.9 cm³/mol. The molecular formula is C3H8B2NNiOPS2. The van der Waals surface area contributed by atoms with Gasteiger partial charge in [0.05, 0.1) is 0 Å². The number of hydrogen-bond donors (Lipinski definition) is 2. The molecule has 1 N–H and O–H groups in total. The molecule has 0 heterocycles. The van der Waals surface area contributed by atoms with E-state index in [0.29, 0.717) is 0 Å². The minimum atomic E-state index is -0.256. The van der Waals surface area contributed by atoms with Gasteiger partial charge in [0, 0.05) is 0 Å². The van der Waals surface area contributed by atoms with Gasteiger partial charge >= 0.3 is 16.5 Å². The third-order valence-electron chi connectivity index (χ3n) is 0.370. The summed E-state index contributed by atoms with van der Waals surface area (Å²) in [6, 6.07) is -0.256. The van der Waals surface area contributed by atoms with Crippen LogP contribution < -0.4 is 4.72 Å². The van der Waals surface area contributed by atoms with Gasteiger partial charge in [-0.2, -0.15) is 0 Å². The first-order valence-corrected chi connectivity index (χ1v) is 4.07. The molecule has 0 aliphatic heterocycles. The number of rotatable bonds is 2. The Bertz CT molecular complexity index is 89.0. The molecule has 0 aromatic rings. The van der Waals surface area contributed by atoms with E-state index in [2.05, 4.69) is 39.1 Å².